The molecule has 49 heavy (non-hydrogen) atoms. The van der Waals surface area contributed by atoms with Crippen molar-refractivity contribution in [2.75, 3.05) is 36.0 Å². The maximum Gasteiger partial charge on any atom is 0.243 e. The highest BCUT2D eigenvalue weighted by Gasteiger charge is 2.29. The molecule has 0 saturated carbocycles. The van der Waals surface area contributed by atoms with E-state index >= 15 is 0 Å². The Morgan fingerprint density at radius 3 is 1.73 bits per heavy atom. The minimum absolute atomic E-state index is 0. The molecule has 2 atom stereocenters. The number of aryl methyl sites for hydroxylation is 2. The quantitative estimate of drug-likeness (QED) is 0.170. The Kier molecular flexibility index (Phi) is 12.6. The molecular formula is C40H57N7O2+2. The molecule has 2 unspecified atom stereocenters. The van der Waals surface area contributed by atoms with Gasteiger partial charge in [0.1, 0.15) is 48.3 Å². The molecule has 1 aliphatic carbocycles. The number of nitrogens with zero attached hydrogens (tertiary/aromatic N) is 7. The highest BCUT2D eigenvalue weighted by molar-refractivity contribution is 6.51. The number of anilines is 2. The fourth-order valence-electron chi connectivity index (χ4n) is 6.79. The van der Waals surface area contributed by atoms with Crippen molar-refractivity contribution >= 4 is 28.6 Å². The standard InChI is InChI=1S/C36H40N7O2.4CH4/c1-26-35(44)28(20-27-4-8-30(9-5-27)40-14-12-32(22-40)42-18-16-38(2)24-42)21-34(36(26)45)37-29-6-10-31(11-7-29)41-15-13-33(23-41)43-19-17-39(3)25-43;;;;/h4-11,16-19,21,24-25,32-33H,12-15,20,22-23H2,1-3H3;4*1H4/q+1;;;;/p+1. The third-order valence-electron chi connectivity index (χ3n) is 9.45. The van der Waals surface area contributed by atoms with Crippen molar-refractivity contribution in [2.24, 2.45) is 19.1 Å². The zero-order chi connectivity index (χ0) is 31.1. The number of allylic oxidation sites excluding steroid dienone is 3. The van der Waals surface area contributed by atoms with Gasteiger partial charge in [-0.05, 0) is 55.0 Å². The number of aromatic nitrogens is 4. The number of carbonyl (C=O) groups is 1. The van der Waals surface area contributed by atoms with E-state index in [-0.39, 0.29) is 41.2 Å². The van der Waals surface area contributed by atoms with Gasteiger partial charge in [-0.2, -0.15) is 0 Å². The van der Waals surface area contributed by atoms with Crippen LogP contribution in [0.4, 0.5) is 17.1 Å². The maximum absolute atomic E-state index is 13.1. The maximum atomic E-state index is 13.1. The lowest BCUT2D eigenvalue weighted by Crippen LogP contribution is -2.25. The first-order valence-electron chi connectivity index (χ1n) is 15.8. The molecule has 0 radical (unpaired) electrons. The molecule has 0 bridgehead atoms. The molecule has 1 N–H and O–H groups in total. The van der Waals surface area contributed by atoms with Crippen LogP contribution in [-0.4, -0.2) is 51.9 Å². The van der Waals surface area contributed by atoms with Crippen molar-refractivity contribution in [3.63, 3.8) is 0 Å². The average Bonchev–Trinajstić information content (AvgIpc) is 3.87. The summed E-state index contributed by atoms with van der Waals surface area (Å²) in [6.45, 7) is 5.64. The summed E-state index contributed by atoms with van der Waals surface area (Å²) in [5.41, 5.74) is 5.56. The van der Waals surface area contributed by atoms with Gasteiger partial charge in [0.25, 0.3) is 0 Å². The summed E-state index contributed by atoms with van der Waals surface area (Å²) in [6.07, 6.45) is 17.2. The summed E-state index contributed by atoms with van der Waals surface area (Å²) < 4.78 is 8.74. The van der Waals surface area contributed by atoms with Crippen molar-refractivity contribution in [1.82, 2.24) is 9.13 Å². The van der Waals surface area contributed by atoms with Gasteiger partial charge in [0.15, 0.2) is 0 Å². The smallest absolute Gasteiger partial charge is 0.243 e. The lowest BCUT2D eigenvalue weighted by Gasteiger charge is -2.19. The van der Waals surface area contributed by atoms with E-state index in [2.05, 4.69) is 109 Å². The second-order valence-corrected chi connectivity index (χ2v) is 12.7. The van der Waals surface area contributed by atoms with Crippen LogP contribution < -0.4 is 18.9 Å². The fourth-order valence-corrected chi connectivity index (χ4v) is 6.79. The minimum Gasteiger partial charge on any atom is -0.507 e. The number of aliphatic imine (C=N–C) groups is 1. The van der Waals surface area contributed by atoms with E-state index in [9.17, 15) is 9.90 Å². The van der Waals surface area contributed by atoms with E-state index in [0.717, 1.165) is 56.0 Å². The van der Waals surface area contributed by atoms with Gasteiger partial charge in [0.2, 0.25) is 18.4 Å². The summed E-state index contributed by atoms with van der Waals surface area (Å²) in [5.74, 6) is -0.182. The number of aliphatic hydroxyl groups excluding tert-OH is 1. The van der Waals surface area contributed by atoms with Gasteiger partial charge in [0.05, 0.1) is 32.9 Å². The van der Waals surface area contributed by atoms with Crippen molar-refractivity contribution < 1.29 is 19.0 Å². The van der Waals surface area contributed by atoms with Crippen LogP contribution in [0.3, 0.4) is 0 Å². The van der Waals surface area contributed by atoms with Crippen LogP contribution in [-0.2, 0) is 25.3 Å². The van der Waals surface area contributed by atoms with Gasteiger partial charge in [-0.1, -0.05) is 41.8 Å². The van der Waals surface area contributed by atoms with Gasteiger partial charge in [-0.25, -0.2) is 23.3 Å². The molecule has 0 amide bonds. The number of aliphatic hydroxyl groups is 1. The van der Waals surface area contributed by atoms with Gasteiger partial charge in [-0.15, -0.1) is 0 Å². The first kappa shape index (κ1) is 38.5. The number of imidazole rings is 2. The van der Waals surface area contributed by atoms with E-state index in [0.29, 0.717) is 35.4 Å². The molecule has 0 spiro atoms. The Balaban J connectivity index is 0.00000163. The Bertz CT molecular complexity index is 1810. The number of ketones is 1. The molecule has 9 nitrogen and oxygen atoms in total. The first-order valence-corrected chi connectivity index (χ1v) is 15.8. The number of hydrogen-bond donors (Lipinski definition) is 1. The van der Waals surface area contributed by atoms with Crippen LogP contribution in [0.25, 0.3) is 0 Å². The van der Waals surface area contributed by atoms with Crippen molar-refractivity contribution in [2.45, 2.75) is 68.0 Å². The molecule has 2 aliphatic heterocycles. The SMILES string of the molecule is C.C.C.C.CC1=C(O)C(Cc2ccc(N3CCC(n4cc[n+](C)c4)C3)cc2)=CC(=Nc2ccc(N3CCC(n4cc[n+](C)c4)C3)cc2)C1=O. The fraction of sp³-hybridized carbons (Fsp3) is 0.400. The largest absolute Gasteiger partial charge is 0.507 e. The van der Waals surface area contributed by atoms with Gasteiger partial charge < -0.3 is 14.9 Å². The number of hydrogen-bond acceptors (Lipinski definition) is 5. The number of Topliss-reactive ketones (excluding diaryl/α,β-unsaturated/α-hetero) is 1. The summed E-state index contributed by atoms with van der Waals surface area (Å²) in [4.78, 5) is 22.6. The van der Waals surface area contributed by atoms with E-state index in [1.165, 1.54) is 5.69 Å². The van der Waals surface area contributed by atoms with Crippen LogP contribution in [0.15, 0.2) is 114 Å². The third kappa shape index (κ3) is 8.04. The number of carbonyl (C=O) groups excluding carboxylic acids is 1. The number of benzene rings is 2. The predicted molar refractivity (Wildman–Crippen MR) is 202 cm³/mol. The summed E-state index contributed by atoms with van der Waals surface area (Å²) in [6, 6.07) is 17.6. The summed E-state index contributed by atoms with van der Waals surface area (Å²) in [5, 5.41) is 10.9. The average molecular weight is 668 g/mol. The van der Waals surface area contributed by atoms with Crippen LogP contribution in [0.1, 0.15) is 67.1 Å². The molecule has 3 aliphatic rings. The van der Waals surface area contributed by atoms with Gasteiger partial charge >= 0.3 is 0 Å². The highest BCUT2D eigenvalue weighted by Crippen LogP contribution is 2.31. The Morgan fingerprint density at radius 1 is 0.776 bits per heavy atom. The molecule has 7 rings (SSSR count). The molecule has 9 heteroatoms. The van der Waals surface area contributed by atoms with Crippen LogP contribution >= 0.6 is 0 Å². The monoisotopic (exact) mass is 667 g/mol. The highest BCUT2D eigenvalue weighted by atomic mass is 16.3. The van der Waals surface area contributed by atoms with Crippen molar-refractivity contribution in [1.29, 1.82) is 0 Å². The van der Waals surface area contributed by atoms with E-state index < -0.39 is 0 Å². The molecule has 4 heterocycles. The van der Waals surface area contributed by atoms with E-state index in [1.807, 2.05) is 19.2 Å². The second-order valence-electron chi connectivity index (χ2n) is 12.7. The lowest BCUT2D eigenvalue weighted by molar-refractivity contribution is -0.671. The van der Waals surface area contributed by atoms with Crippen LogP contribution in [0.2, 0.25) is 0 Å². The molecule has 2 saturated heterocycles. The van der Waals surface area contributed by atoms with E-state index in [1.54, 1.807) is 13.0 Å². The summed E-state index contributed by atoms with van der Waals surface area (Å²) in [7, 11) is 4.10. The molecule has 262 valence electrons. The van der Waals surface area contributed by atoms with Gasteiger partial charge in [-0.3, -0.25) is 4.79 Å². The molecule has 4 aromatic rings. The lowest BCUT2D eigenvalue weighted by atomic mass is 9.91. The van der Waals surface area contributed by atoms with E-state index in [4.69, 9.17) is 4.99 Å². The normalized spacial score (nSPS) is 19.6. The predicted octanol–water partition coefficient (Wildman–Crippen LogP) is 7.04. The number of rotatable bonds is 7. The third-order valence-corrected chi connectivity index (χ3v) is 9.45. The summed E-state index contributed by atoms with van der Waals surface area (Å²) >= 11 is 0. The minimum atomic E-state index is -0.238. The van der Waals surface area contributed by atoms with Crippen molar-refractivity contribution in [3.8, 4) is 0 Å². The first-order chi connectivity index (χ1) is 21.8. The Morgan fingerprint density at radius 2 is 1.27 bits per heavy atom. The van der Waals surface area contributed by atoms with Crippen LogP contribution in [0, 0.1) is 0 Å². The second kappa shape index (κ2) is 16.0. The molecule has 2 fully saturated rings. The topological polar surface area (TPSA) is 73.8 Å². The zero-order valence-electron chi connectivity index (χ0n) is 26.3. The Hall–Kier alpha value is -4.92. The zero-order valence-corrected chi connectivity index (χ0v) is 26.3. The molecular weight excluding hydrogens is 610 g/mol. The van der Waals surface area contributed by atoms with Crippen LogP contribution in [0.5, 0.6) is 0 Å². The van der Waals surface area contributed by atoms with Gasteiger partial charge in [0, 0.05) is 54.9 Å². The Labute approximate surface area is 293 Å². The van der Waals surface area contributed by atoms with Crippen molar-refractivity contribution in [3.05, 3.63) is 115 Å². The molecule has 2 aromatic carbocycles. The molecule has 2 aromatic heterocycles.